The highest BCUT2D eigenvalue weighted by molar-refractivity contribution is 7.88. The molecule has 7 heteroatoms. The molecule has 0 aliphatic carbocycles. The number of aromatic amines is 1. The number of nitrogens with one attached hydrogen (secondary N) is 2. The molecule has 1 amide bonds. The molecule has 1 aliphatic heterocycles. The minimum absolute atomic E-state index is 0.0669. The molecule has 0 radical (unpaired) electrons. The lowest BCUT2D eigenvalue weighted by Gasteiger charge is -2.10. The second-order valence-electron chi connectivity index (χ2n) is 5.69. The first-order chi connectivity index (χ1) is 10.4. The number of nitrogens with zero attached hydrogens (tertiary/aromatic N) is 1. The van der Waals surface area contributed by atoms with Crippen molar-refractivity contribution in [3.8, 4) is 0 Å². The average Bonchev–Trinajstić information content (AvgIpc) is 3.03. The summed E-state index contributed by atoms with van der Waals surface area (Å²) in [4.78, 5) is 17.1. The van der Waals surface area contributed by atoms with Gasteiger partial charge in [0.25, 0.3) is 0 Å². The largest absolute Gasteiger partial charge is 0.361 e. The second kappa shape index (κ2) is 5.40. The Hall–Kier alpha value is -1.86. The van der Waals surface area contributed by atoms with Crippen molar-refractivity contribution >= 4 is 26.8 Å². The predicted molar refractivity (Wildman–Crippen MR) is 85.0 cm³/mol. The Balaban J connectivity index is 2.01. The first-order valence-corrected chi connectivity index (χ1v) is 8.82. The van der Waals surface area contributed by atoms with Gasteiger partial charge < -0.3 is 9.88 Å². The highest BCUT2D eigenvalue weighted by Crippen LogP contribution is 2.33. The van der Waals surface area contributed by atoms with Crippen molar-refractivity contribution in [1.29, 1.82) is 0 Å². The van der Waals surface area contributed by atoms with E-state index in [-0.39, 0.29) is 17.6 Å². The zero-order chi connectivity index (χ0) is 15.9. The van der Waals surface area contributed by atoms with Gasteiger partial charge in [0.15, 0.2) is 0 Å². The van der Waals surface area contributed by atoms with Crippen LogP contribution in [-0.4, -0.2) is 44.8 Å². The summed E-state index contributed by atoms with van der Waals surface area (Å²) in [6, 6.07) is 5.52. The number of benzene rings is 1. The van der Waals surface area contributed by atoms with E-state index >= 15 is 0 Å². The van der Waals surface area contributed by atoms with Crippen molar-refractivity contribution in [2.24, 2.45) is 0 Å². The monoisotopic (exact) mass is 321 g/mol. The van der Waals surface area contributed by atoms with Crippen LogP contribution in [-0.2, 0) is 20.6 Å². The van der Waals surface area contributed by atoms with E-state index in [0.717, 1.165) is 29.4 Å². The average molecular weight is 321 g/mol. The smallest absolute Gasteiger partial charge is 0.230 e. The molecule has 0 spiro atoms. The Kier molecular flexibility index (Phi) is 3.70. The Morgan fingerprint density at radius 2 is 2.18 bits per heavy atom. The molecule has 22 heavy (non-hydrogen) atoms. The lowest BCUT2D eigenvalue weighted by atomic mass is 9.96. The van der Waals surface area contributed by atoms with E-state index in [1.807, 2.05) is 25.4 Å². The minimum atomic E-state index is -3.31. The van der Waals surface area contributed by atoms with E-state index in [0.29, 0.717) is 5.56 Å². The van der Waals surface area contributed by atoms with Gasteiger partial charge in [0.1, 0.15) is 0 Å². The summed E-state index contributed by atoms with van der Waals surface area (Å²) in [5.41, 5.74) is 2.58. The number of carbonyl (C=O) groups is 1. The molecule has 1 aromatic carbocycles. The number of likely N-dealkylation sites (tertiary alicyclic amines) is 1. The first kappa shape index (κ1) is 15.1. The molecular formula is C15H19N3O3S. The van der Waals surface area contributed by atoms with Gasteiger partial charge in [0.05, 0.1) is 11.7 Å². The molecule has 1 fully saturated rings. The summed E-state index contributed by atoms with van der Waals surface area (Å²) in [7, 11) is -0.0980. The summed E-state index contributed by atoms with van der Waals surface area (Å²) >= 11 is 0. The third kappa shape index (κ3) is 2.62. The van der Waals surface area contributed by atoms with Gasteiger partial charge in [0.2, 0.25) is 15.9 Å². The lowest BCUT2D eigenvalue weighted by Crippen LogP contribution is -2.21. The van der Waals surface area contributed by atoms with Crippen LogP contribution in [0.3, 0.4) is 0 Å². The highest BCUT2D eigenvalue weighted by atomic mass is 32.2. The SMILES string of the molecule is CNS(=O)(=O)Cc1ccc2[nH]cc(C3CCN(C)C3=O)c2c1. The molecule has 2 N–H and O–H groups in total. The zero-order valence-electron chi connectivity index (χ0n) is 12.6. The van der Waals surface area contributed by atoms with Crippen LogP contribution in [0.5, 0.6) is 0 Å². The molecular weight excluding hydrogens is 302 g/mol. The summed E-state index contributed by atoms with van der Waals surface area (Å²) in [6.45, 7) is 0.754. The topological polar surface area (TPSA) is 82.3 Å². The van der Waals surface area contributed by atoms with E-state index in [4.69, 9.17) is 0 Å². The third-order valence-electron chi connectivity index (χ3n) is 4.25. The van der Waals surface area contributed by atoms with Gasteiger partial charge in [-0.1, -0.05) is 6.07 Å². The van der Waals surface area contributed by atoms with Crippen LogP contribution in [0.4, 0.5) is 0 Å². The van der Waals surface area contributed by atoms with Gasteiger partial charge in [-0.25, -0.2) is 13.1 Å². The van der Waals surface area contributed by atoms with Crippen molar-refractivity contribution in [3.05, 3.63) is 35.5 Å². The fourth-order valence-corrected chi connectivity index (χ4v) is 3.73. The van der Waals surface area contributed by atoms with Crippen molar-refractivity contribution < 1.29 is 13.2 Å². The number of fused-ring (bicyclic) bond motifs is 1. The molecule has 3 rings (SSSR count). The molecule has 1 aromatic heterocycles. The summed E-state index contributed by atoms with van der Waals surface area (Å²) < 4.78 is 25.7. The fraction of sp³-hybridized carbons (Fsp3) is 0.400. The number of amides is 1. The van der Waals surface area contributed by atoms with Crippen LogP contribution in [0.15, 0.2) is 24.4 Å². The molecule has 2 aromatic rings. The molecule has 1 aliphatic rings. The third-order valence-corrected chi connectivity index (χ3v) is 5.58. The van der Waals surface area contributed by atoms with E-state index in [1.165, 1.54) is 7.05 Å². The van der Waals surface area contributed by atoms with Gasteiger partial charge in [-0.15, -0.1) is 0 Å². The number of carbonyl (C=O) groups excluding carboxylic acids is 1. The quantitative estimate of drug-likeness (QED) is 0.886. The van der Waals surface area contributed by atoms with Crippen LogP contribution in [0.1, 0.15) is 23.5 Å². The van der Waals surface area contributed by atoms with Crippen molar-refractivity contribution in [3.63, 3.8) is 0 Å². The molecule has 1 atom stereocenters. The molecule has 1 saturated heterocycles. The summed E-state index contributed by atoms with van der Waals surface area (Å²) in [6.07, 6.45) is 2.66. The minimum Gasteiger partial charge on any atom is -0.361 e. The van der Waals surface area contributed by atoms with E-state index < -0.39 is 10.0 Å². The van der Waals surface area contributed by atoms with E-state index in [1.54, 1.807) is 11.0 Å². The van der Waals surface area contributed by atoms with Crippen LogP contribution >= 0.6 is 0 Å². The Morgan fingerprint density at radius 1 is 1.41 bits per heavy atom. The zero-order valence-corrected chi connectivity index (χ0v) is 13.4. The number of aromatic nitrogens is 1. The van der Waals surface area contributed by atoms with Crippen LogP contribution in [0.2, 0.25) is 0 Å². The van der Waals surface area contributed by atoms with Gasteiger partial charge in [-0.05, 0) is 36.7 Å². The Labute approximate surface area is 129 Å². The van der Waals surface area contributed by atoms with Gasteiger partial charge in [0, 0.05) is 30.7 Å². The molecule has 118 valence electrons. The maximum atomic E-state index is 12.2. The Morgan fingerprint density at radius 3 is 2.82 bits per heavy atom. The number of hydrogen-bond acceptors (Lipinski definition) is 3. The number of likely N-dealkylation sites (N-methyl/N-ethyl adjacent to an activating group) is 1. The maximum Gasteiger partial charge on any atom is 0.230 e. The molecule has 0 saturated carbocycles. The molecule has 6 nitrogen and oxygen atoms in total. The van der Waals surface area contributed by atoms with Crippen LogP contribution in [0.25, 0.3) is 10.9 Å². The maximum absolute atomic E-state index is 12.2. The normalized spacial score (nSPS) is 19.3. The summed E-state index contributed by atoms with van der Waals surface area (Å²) in [5, 5.41) is 0.928. The summed E-state index contributed by atoms with van der Waals surface area (Å²) in [5.74, 6) is -0.0909. The Bertz CT molecular complexity index is 826. The fourth-order valence-electron chi connectivity index (χ4n) is 2.97. The van der Waals surface area contributed by atoms with Crippen molar-refractivity contribution in [2.45, 2.75) is 18.1 Å². The van der Waals surface area contributed by atoms with Crippen LogP contribution in [0, 0.1) is 0 Å². The molecule has 2 heterocycles. The molecule has 0 bridgehead atoms. The van der Waals surface area contributed by atoms with Crippen molar-refractivity contribution in [1.82, 2.24) is 14.6 Å². The number of sulfonamides is 1. The number of rotatable bonds is 4. The lowest BCUT2D eigenvalue weighted by molar-refractivity contribution is -0.127. The predicted octanol–water partition coefficient (Wildman–Crippen LogP) is 1.16. The molecule has 1 unspecified atom stereocenters. The standard InChI is InChI=1S/C15H19N3O3S/c1-16-22(20,21)9-10-3-4-14-12(7-10)13(8-17-14)11-5-6-18(2)15(11)19/h3-4,7-8,11,16-17H,5-6,9H2,1-2H3. The number of hydrogen-bond donors (Lipinski definition) is 2. The van der Waals surface area contributed by atoms with E-state index in [9.17, 15) is 13.2 Å². The van der Waals surface area contributed by atoms with Crippen molar-refractivity contribution in [2.75, 3.05) is 20.6 Å². The highest BCUT2D eigenvalue weighted by Gasteiger charge is 2.32. The van der Waals surface area contributed by atoms with Crippen LogP contribution < -0.4 is 4.72 Å². The first-order valence-electron chi connectivity index (χ1n) is 7.17. The van der Waals surface area contributed by atoms with Gasteiger partial charge >= 0.3 is 0 Å². The van der Waals surface area contributed by atoms with Gasteiger partial charge in [-0.2, -0.15) is 0 Å². The second-order valence-corrected chi connectivity index (χ2v) is 7.61. The van der Waals surface area contributed by atoms with Gasteiger partial charge in [-0.3, -0.25) is 4.79 Å². The number of H-pyrrole nitrogens is 1. The van der Waals surface area contributed by atoms with E-state index in [2.05, 4.69) is 9.71 Å².